The number of aromatic nitrogens is 4. The molecule has 1 amide bonds. The lowest BCUT2D eigenvalue weighted by molar-refractivity contribution is 0.0796. The lowest BCUT2D eigenvalue weighted by Crippen LogP contribution is -2.29. The van der Waals surface area contributed by atoms with Crippen LogP contribution in [0.15, 0.2) is 49.2 Å². The molecule has 0 fully saturated rings. The van der Waals surface area contributed by atoms with Gasteiger partial charge in [0.2, 0.25) is 0 Å². The topological polar surface area (TPSA) is 71.9 Å². The number of carbonyl (C=O) groups is 1. The molecule has 0 bridgehead atoms. The summed E-state index contributed by atoms with van der Waals surface area (Å²) >= 11 is 0. The summed E-state index contributed by atoms with van der Waals surface area (Å²) in [6.07, 6.45) is 8.92. The molecule has 0 radical (unpaired) electrons. The molecule has 0 unspecified atom stereocenters. The second-order valence-electron chi connectivity index (χ2n) is 4.93. The van der Waals surface area contributed by atoms with E-state index in [2.05, 4.69) is 19.9 Å². The van der Waals surface area contributed by atoms with Gasteiger partial charge in [-0.1, -0.05) is 0 Å². The molecule has 6 heteroatoms. The van der Waals surface area contributed by atoms with E-state index in [4.69, 9.17) is 0 Å². The maximum absolute atomic E-state index is 12.5. The van der Waals surface area contributed by atoms with Gasteiger partial charge in [0.25, 0.3) is 5.91 Å². The minimum absolute atomic E-state index is 0.0450. The van der Waals surface area contributed by atoms with Crippen LogP contribution in [0.1, 0.15) is 16.1 Å². The van der Waals surface area contributed by atoms with Gasteiger partial charge in [-0.25, -0.2) is 0 Å². The minimum atomic E-state index is -0.0450. The Kier molecular flexibility index (Phi) is 4.00. The molecule has 110 valence electrons. The number of amides is 1. The number of fused-ring (bicyclic) bond motifs is 1. The summed E-state index contributed by atoms with van der Waals surface area (Å²) in [6, 6.07) is 5.35. The van der Waals surface area contributed by atoms with Crippen molar-refractivity contribution < 1.29 is 4.79 Å². The molecule has 0 spiro atoms. The van der Waals surface area contributed by atoms with Gasteiger partial charge < -0.3 is 4.90 Å². The van der Waals surface area contributed by atoms with E-state index in [1.807, 2.05) is 6.07 Å². The van der Waals surface area contributed by atoms with E-state index in [1.54, 1.807) is 55.1 Å². The van der Waals surface area contributed by atoms with Crippen molar-refractivity contribution in [3.05, 3.63) is 60.4 Å². The Morgan fingerprint density at radius 2 is 1.82 bits per heavy atom. The number of carbonyl (C=O) groups excluding carboxylic acids is 1. The van der Waals surface area contributed by atoms with E-state index in [1.165, 1.54) is 0 Å². The van der Waals surface area contributed by atoms with Gasteiger partial charge in [-0.2, -0.15) is 0 Å². The summed E-state index contributed by atoms with van der Waals surface area (Å²) in [5.41, 5.74) is 2.97. The second kappa shape index (κ2) is 6.26. The molecule has 0 N–H and O–H groups in total. The van der Waals surface area contributed by atoms with Crippen LogP contribution in [0.25, 0.3) is 11.0 Å². The fraction of sp³-hybridized carbons (Fsp3) is 0.188. The Morgan fingerprint density at radius 3 is 2.59 bits per heavy atom. The molecular formula is C16H15N5O. The predicted octanol–water partition coefficient (Wildman–Crippen LogP) is 1.73. The standard InChI is InChI=1S/C16H15N5O/c1-21(9-4-13-11-17-5-6-18-13)16(22)12-2-3-14-15(10-12)20-8-7-19-14/h2-3,5-8,10-11H,4,9H2,1H3. The van der Waals surface area contributed by atoms with Crippen LogP contribution in [0.4, 0.5) is 0 Å². The molecule has 0 saturated heterocycles. The summed E-state index contributed by atoms with van der Waals surface area (Å²) < 4.78 is 0. The maximum Gasteiger partial charge on any atom is 0.253 e. The summed E-state index contributed by atoms with van der Waals surface area (Å²) in [5, 5.41) is 0. The van der Waals surface area contributed by atoms with Crippen molar-refractivity contribution in [1.82, 2.24) is 24.8 Å². The third-order valence-corrected chi connectivity index (χ3v) is 3.38. The molecule has 22 heavy (non-hydrogen) atoms. The molecule has 6 nitrogen and oxygen atoms in total. The summed E-state index contributed by atoms with van der Waals surface area (Å²) in [5.74, 6) is -0.0450. The molecule has 3 rings (SSSR count). The van der Waals surface area contributed by atoms with Crippen LogP contribution in [0.2, 0.25) is 0 Å². The fourth-order valence-corrected chi connectivity index (χ4v) is 2.16. The normalized spacial score (nSPS) is 10.6. The van der Waals surface area contributed by atoms with Gasteiger partial charge >= 0.3 is 0 Å². The van der Waals surface area contributed by atoms with E-state index in [9.17, 15) is 4.79 Å². The maximum atomic E-state index is 12.5. The van der Waals surface area contributed by atoms with Crippen molar-refractivity contribution in [2.45, 2.75) is 6.42 Å². The van der Waals surface area contributed by atoms with Gasteiger partial charge in [-0.05, 0) is 18.2 Å². The molecule has 1 aromatic carbocycles. The third-order valence-electron chi connectivity index (χ3n) is 3.38. The molecule has 2 heterocycles. The number of likely N-dealkylation sites (N-methyl/N-ethyl adjacent to an activating group) is 1. The fourth-order valence-electron chi connectivity index (χ4n) is 2.16. The molecular weight excluding hydrogens is 278 g/mol. The van der Waals surface area contributed by atoms with Gasteiger partial charge in [0, 0.05) is 56.6 Å². The van der Waals surface area contributed by atoms with E-state index in [0.717, 1.165) is 16.7 Å². The van der Waals surface area contributed by atoms with Gasteiger partial charge in [-0.15, -0.1) is 0 Å². The Labute approximate surface area is 127 Å². The molecule has 0 atom stereocenters. The SMILES string of the molecule is CN(CCc1cnccn1)C(=O)c1ccc2nccnc2c1. The molecule has 0 saturated carbocycles. The van der Waals surface area contributed by atoms with Crippen molar-refractivity contribution in [3.8, 4) is 0 Å². The lowest BCUT2D eigenvalue weighted by Gasteiger charge is -2.17. The number of benzene rings is 1. The number of hydrogen-bond acceptors (Lipinski definition) is 5. The molecule has 0 aliphatic carbocycles. The molecule has 0 aliphatic heterocycles. The highest BCUT2D eigenvalue weighted by Crippen LogP contribution is 2.12. The van der Waals surface area contributed by atoms with E-state index in [0.29, 0.717) is 18.5 Å². The van der Waals surface area contributed by atoms with E-state index < -0.39 is 0 Å². The smallest absolute Gasteiger partial charge is 0.253 e. The summed E-state index contributed by atoms with van der Waals surface area (Å²) in [6.45, 7) is 0.579. The van der Waals surface area contributed by atoms with Gasteiger partial charge in [0.1, 0.15) is 0 Å². The van der Waals surface area contributed by atoms with Crippen molar-refractivity contribution in [2.75, 3.05) is 13.6 Å². The van der Waals surface area contributed by atoms with Crippen molar-refractivity contribution in [2.24, 2.45) is 0 Å². The van der Waals surface area contributed by atoms with Crippen LogP contribution in [0.5, 0.6) is 0 Å². The largest absolute Gasteiger partial charge is 0.341 e. The minimum Gasteiger partial charge on any atom is -0.341 e. The average molecular weight is 293 g/mol. The highest BCUT2D eigenvalue weighted by Gasteiger charge is 2.12. The highest BCUT2D eigenvalue weighted by molar-refractivity contribution is 5.97. The number of hydrogen-bond donors (Lipinski definition) is 0. The Balaban J connectivity index is 1.71. The van der Waals surface area contributed by atoms with Crippen LogP contribution in [0, 0.1) is 0 Å². The second-order valence-corrected chi connectivity index (χ2v) is 4.93. The number of nitrogens with zero attached hydrogens (tertiary/aromatic N) is 5. The first-order valence-corrected chi connectivity index (χ1v) is 6.95. The van der Waals surface area contributed by atoms with Crippen LogP contribution in [0.3, 0.4) is 0 Å². The van der Waals surface area contributed by atoms with E-state index >= 15 is 0 Å². The predicted molar refractivity (Wildman–Crippen MR) is 82.2 cm³/mol. The first-order valence-electron chi connectivity index (χ1n) is 6.95. The van der Waals surface area contributed by atoms with Gasteiger partial charge in [-0.3, -0.25) is 24.7 Å². The first kappa shape index (κ1) is 14.1. The lowest BCUT2D eigenvalue weighted by atomic mass is 10.1. The van der Waals surface area contributed by atoms with Gasteiger partial charge in [0.05, 0.1) is 16.7 Å². The average Bonchev–Trinajstić information content (AvgIpc) is 2.59. The molecule has 2 aromatic heterocycles. The molecule has 0 aliphatic rings. The Hall–Kier alpha value is -2.89. The van der Waals surface area contributed by atoms with Crippen molar-refractivity contribution >= 4 is 16.9 Å². The van der Waals surface area contributed by atoms with Crippen molar-refractivity contribution in [1.29, 1.82) is 0 Å². The quantitative estimate of drug-likeness (QED) is 0.732. The highest BCUT2D eigenvalue weighted by atomic mass is 16.2. The zero-order valence-electron chi connectivity index (χ0n) is 12.2. The van der Waals surface area contributed by atoms with Crippen LogP contribution >= 0.6 is 0 Å². The van der Waals surface area contributed by atoms with Crippen LogP contribution < -0.4 is 0 Å². The van der Waals surface area contributed by atoms with Crippen LogP contribution in [-0.2, 0) is 6.42 Å². The van der Waals surface area contributed by atoms with Crippen molar-refractivity contribution in [3.63, 3.8) is 0 Å². The molecule has 3 aromatic rings. The zero-order chi connectivity index (χ0) is 15.4. The monoisotopic (exact) mass is 293 g/mol. The van der Waals surface area contributed by atoms with E-state index in [-0.39, 0.29) is 5.91 Å². The third kappa shape index (κ3) is 3.06. The van der Waals surface area contributed by atoms with Gasteiger partial charge in [0.15, 0.2) is 0 Å². The summed E-state index contributed by atoms with van der Waals surface area (Å²) in [7, 11) is 1.78. The number of rotatable bonds is 4. The summed E-state index contributed by atoms with van der Waals surface area (Å²) in [4.78, 5) is 30.8. The zero-order valence-corrected chi connectivity index (χ0v) is 12.2. The first-order chi connectivity index (χ1) is 10.7. The Morgan fingerprint density at radius 1 is 1.05 bits per heavy atom. The Bertz CT molecular complexity index is 791. The van der Waals surface area contributed by atoms with Crippen LogP contribution in [-0.4, -0.2) is 44.3 Å².